The van der Waals surface area contributed by atoms with Crippen LogP contribution >= 0.6 is 0 Å². The van der Waals surface area contributed by atoms with Crippen LogP contribution in [-0.4, -0.2) is 44.7 Å². The van der Waals surface area contributed by atoms with Crippen LogP contribution in [0.2, 0.25) is 0 Å². The van der Waals surface area contributed by atoms with Crippen molar-refractivity contribution in [2.24, 2.45) is 5.73 Å². The molecule has 0 aromatic rings. The van der Waals surface area contributed by atoms with E-state index < -0.39 is 0 Å². The zero-order chi connectivity index (χ0) is 7.98. The van der Waals surface area contributed by atoms with Gasteiger partial charge in [0.2, 0.25) is 0 Å². The van der Waals surface area contributed by atoms with Gasteiger partial charge in [-0.3, -0.25) is 9.69 Å². The average Bonchev–Trinajstić information content (AvgIpc) is 1.82. The summed E-state index contributed by atoms with van der Waals surface area (Å²) in [5.74, 6) is -0.226. The molecule has 0 heterocycles. The maximum absolute atomic E-state index is 10.7. The first kappa shape index (κ1) is 9.39. The Morgan fingerprint density at radius 3 is 2.60 bits per heavy atom. The Morgan fingerprint density at radius 2 is 2.20 bits per heavy atom. The van der Waals surface area contributed by atoms with Gasteiger partial charge in [-0.25, -0.2) is 0 Å². The van der Waals surface area contributed by atoms with Crippen LogP contribution in [0.25, 0.3) is 0 Å². The lowest BCUT2D eigenvalue weighted by atomic mass is 10.6. The molecule has 0 bridgehead atoms. The largest absolute Gasteiger partial charge is 0.463 e. The van der Waals surface area contributed by atoms with Gasteiger partial charge in [0, 0.05) is 6.54 Å². The highest BCUT2D eigenvalue weighted by Crippen LogP contribution is 1.79. The summed E-state index contributed by atoms with van der Waals surface area (Å²) in [6, 6.07) is 0. The van der Waals surface area contributed by atoms with Crippen molar-refractivity contribution in [2.75, 3.05) is 33.8 Å². The Balaban J connectivity index is 3.26. The zero-order valence-electron chi connectivity index (χ0n) is 6.46. The van der Waals surface area contributed by atoms with E-state index in [-0.39, 0.29) is 5.97 Å². The molecule has 4 nitrogen and oxygen atoms in total. The number of ether oxygens (including phenoxy) is 1. The van der Waals surface area contributed by atoms with Gasteiger partial charge in [0.15, 0.2) is 0 Å². The molecule has 0 fully saturated rings. The molecule has 0 rings (SSSR count). The van der Waals surface area contributed by atoms with E-state index >= 15 is 0 Å². The molecule has 10 heavy (non-hydrogen) atoms. The van der Waals surface area contributed by atoms with E-state index in [4.69, 9.17) is 10.5 Å². The number of likely N-dealkylation sites (N-methyl/N-ethyl adjacent to an activating group) is 1. The highest BCUT2D eigenvalue weighted by Gasteiger charge is 2.01. The SMILES string of the molecule is CN(C)CC(=O)OCCN. The molecule has 0 amide bonds. The predicted octanol–water partition coefficient (Wildman–Crippen LogP) is -0.950. The van der Waals surface area contributed by atoms with Crippen molar-refractivity contribution in [2.45, 2.75) is 0 Å². The van der Waals surface area contributed by atoms with Crippen LogP contribution in [0.5, 0.6) is 0 Å². The predicted molar refractivity (Wildman–Crippen MR) is 38.6 cm³/mol. The highest BCUT2D eigenvalue weighted by molar-refractivity contribution is 5.71. The molecule has 4 heteroatoms. The lowest BCUT2D eigenvalue weighted by Crippen LogP contribution is -2.25. The Labute approximate surface area is 60.9 Å². The van der Waals surface area contributed by atoms with Gasteiger partial charge in [0.25, 0.3) is 0 Å². The van der Waals surface area contributed by atoms with Gasteiger partial charge in [-0.1, -0.05) is 0 Å². The minimum Gasteiger partial charge on any atom is -0.463 e. The fourth-order valence-electron chi connectivity index (χ4n) is 0.477. The molecule has 0 unspecified atom stereocenters. The van der Waals surface area contributed by atoms with Crippen LogP contribution < -0.4 is 5.73 Å². The van der Waals surface area contributed by atoms with Crippen molar-refractivity contribution >= 4 is 5.97 Å². The number of hydrogen-bond acceptors (Lipinski definition) is 4. The monoisotopic (exact) mass is 146 g/mol. The summed E-state index contributed by atoms with van der Waals surface area (Å²) in [5, 5.41) is 0. The van der Waals surface area contributed by atoms with Crippen LogP contribution in [0, 0.1) is 0 Å². The first-order chi connectivity index (χ1) is 4.66. The van der Waals surface area contributed by atoms with Gasteiger partial charge < -0.3 is 10.5 Å². The molecule has 0 atom stereocenters. The molecule has 0 aliphatic heterocycles. The zero-order valence-corrected chi connectivity index (χ0v) is 6.46. The quantitative estimate of drug-likeness (QED) is 0.519. The van der Waals surface area contributed by atoms with Crippen LogP contribution in [0.3, 0.4) is 0 Å². The Kier molecular flexibility index (Phi) is 4.88. The normalized spacial score (nSPS) is 10.0. The number of carbonyl (C=O) groups excluding carboxylic acids is 1. The maximum Gasteiger partial charge on any atom is 0.320 e. The summed E-state index contributed by atoms with van der Waals surface area (Å²) in [7, 11) is 3.62. The molecule has 0 radical (unpaired) electrons. The van der Waals surface area contributed by atoms with E-state index in [1.165, 1.54) is 0 Å². The lowest BCUT2D eigenvalue weighted by Gasteiger charge is -2.07. The standard InChI is InChI=1S/C6H14N2O2/c1-8(2)5-6(9)10-4-3-7/h3-5,7H2,1-2H3. The van der Waals surface area contributed by atoms with E-state index in [0.29, 0.717) is 19.7 Å². The topological polar surface area (TPSA) is 55.6 Å². The van der Waals surface area contributed by atoms with Crippen molar-refractivity contribution in [3.05, 3.63) is 0 Å². The van der Waals surface area contributed by atoms with Gasteiger partial charge in [0.1, 0.15) is 6.61 Å². The first-order valence-electron chi connectivity index (χ1n) is 3.17. The third-order valence-electron chi connectivity index (χ3n) is 0.826. The van der Waals surface area contributed by atoms with Gasteiger partial charge >= 0.3 is 5.97 Å². The first-order valence-corrected chi connectivity index (χ1v) is 3.17. The summed E-state index contributed by atoms with van der Waals surface area (Å²) in [4.78, 5) is 12.4. The highest BCUT2D eigenvalue weighted by atomic mass is 16.5. The van der Waals surface area contributed by atoms with E-state index in [0.717, 1.165) is 0 Å². The van der Waals surface area contributed by atoms with Crippen LogP contribution in [0.4, 0.5) is 0 Å². The van der Waals surface area contributed by atoms with E-state index in [9.17, 15) is 4.79 Å². The lowest BCUT2D eigenvalue weighted by molar-refractivity contribution is -0.143. The fraction of sp³-hybridized carbons (Fsp3) is 0.833. The summed E-state index contributed by atoms with van der Waals surface area (Å²) >= 11 is 0. The van der Waals surface area contributed by atoms with Crippen molar-refractivity contribution in [3.63, 3.8) is 0 Å². The Morgan fingerprint density at radius 1 is 1.60 bits per heavy atom. The van der Waals surface area contributed by atoms with Gasteiger partial charge in [0.05, 0.1) is 6.54 Å². The molecule has 0 aliphatic carbocycles. The van der Waals surface area contributed by atoms with Crippen LogP contribution in [0.15, 0.2) is 0 Å². The summed E-state index contributed by atoms with van der Waals surface area (Å²) in [6.45, 7) is 1.02. The van der Waals surface area contributed by atoms with E-state index in [1.807, 2.05) is 14.1 Å². The molecule has 0 aromatic heterocycles. The maximum atomic E-state index is 10.7. The molecular formula is C6H14N2O2. The third kappa shape index (κ3) is 5.53. The van der Waals surface area contributed by atoms with Crippen LogP contribution in [0.1, 0.15) is 0 Å². The molecule has 0 saturated heterocycles. The number of hydrogen-bond donors (Lipinski definition) is 1. The average molecular weight is 146 g/mol. The minimum absolute atomic E-state index is 0.226. The molecule has 2 N–H and O–H groups in total. The van der Waals surface area contributed by atoms with Crippen molar-refractivity contribution in [1.82, 2.24) is 4.90 Å². The third-order valence-corrected chi connectivity index (χ3v) is 0.826. The van der Waals surface area contributed by atoms with Gasteiger partial charge in [-0.2, -0.15) is 0 Å². The van der Waals surface area contributed by atoms with Crippen molar-refractivity contribution < 1.29 is 9.53 Å². The number of nitrogens with zero attached hydrogens (tertiary/aromatic N) is 1. The number of rotatable bonds is 4. The molecule has 0 aromatic carbocycles. The van der Waals surface area contributed by atoms with Gasteiger partial charge in [-0.05, 0) is 14.1 Å². The van der Waals surface area contributed by atoms with E-state index in [1.54, 1.807) is 4.90 Å². The molecule has 0 saturated carbocycles. The van der Waals surface area contributed by atoms with Crippen molar-refractivity contribution in [1.29, 1.82) is 0 Å². The van der Waals surface area contributed by atoms with E-state index in [2.05, 4.69) is 0 Å². The fourth-order valence-corrected chi connectivity index (χ4v) is 0.477. The van der Waals surface area contributed by atoms with Crippen molar-refractivity contribution in [3.8, 4) is 0 Å². The number of esters is 1. The van der Waals surface area contributed by atoms with Crippen LogP contribution in [-0.2, 0) is 9.53 Å². The molecule has 0 aliphatic rings. The second-order valence-corrected chi connectivity index (χ2v) is 2.25. The number of carbonyl (C=O) groups is 1. The molecular weight excluding hydrogens is 132 g/mol. The second-order valence-electron chi connectivity index (χ2n) is 2.25. The Hall–Kier alpha value is -0.610. The Bertz CT molecular complexity index is 104. The molecule has 60 valence electrons. The second kappa shape index (κ2) is 5.20. The smallest absolute Gasteiger partial charge is 0.320 e. The van der Waals surface area contributed by atoms with Gasteiger partial charge in [-0.15, -0.1) is 0 Å². The summed E-state index contributed by atoms with van der Waals surface area (Å²) in [6.07, 6.45) is 0. The summed E-state index contributed by atoms with van der Waals surface area (Å²) in [5.41, 5.74) is 5.12. The minimum atomic E-state index is -0.226. The molecule has 0 spiro atoms. The number of nitrogens with two attached hydrogens (primary N) is 1. The summed E-state index contributed by atoms with van der Waals surface area (Å²) < 4.78 is 4.70.